The van der Waals surface area contributed by atoms with E-state index in [0.717, 1.165) is 32.1 Å². The number of aliphatic hydroxyl groups is 1. The summed E-state index contributed by atoms with van der Waals surface area (Å²) in [4.78, 5) is 12.4. The number of hydrogen-bond donors (Lipinski definition) is 1. The van der Waals surface area contributed by atoms with Gasteiger partial charge in [-0.2, -0.15) is 0 Å². The molecule has 5 rings (SSSR count). The summed E-state index contributed by atoms with van der Waals surface area (Å²) in [6.07, 6.45) is 6.41. The Kier molecular flexibility index (Phi) is 4.71. The van der Waals surface area contributed by atoms with Gasteiger partial charge in [-0.25, -0.2) is 4.79 Å². The van der Waals surface area contributed by atoms with Crippen molar-refractivity contribution in [2.24, 2.45) is 17.3 Å². The Bertz CT molecular complexity index is 938. The number of hydrogen-bond acceptors (Lipinski definition) is 3. The van der Waals surface area contributed by atoms with Crippen molar-refractivity contribution in [2.75, 3.05) is 0 Å². The largest absolute Gasteiger partial charge is 0.423 e. The maximum absolute atomic E-state index is 12.4. The van der Waals surface area contributed by atoms with Crippen LogP contribution in [0.5, 0.6) is 5.75 Å². The van der Waals surface area contributed by atoms with E-state index in [2.05, 4.69) is 19.1 Å². The number of esters is 1. The molecule has 152 valence electrons. The quantitative estimate of drug-likeness (QED) is 0.504. The molecule has 3 nitrogen and oxygen atoms in total. The van der Waals surface area contributed by atoms with Crippen LogP contribution < -0.4 is 4.74 Å². The van der Waals surface area contributed by atoms with Crippen molar-refractivity contribution in [1.29, 1.82) is 0 Å². The van der Waals surface area contributed by atoms with Crippen LogP contribution in [0.1, 0.15) is 66.4 Å². The Labute approximate surface area is 177 Å². The third-order valence-corrected chi connectivity index (χ3v) is 8.19. The lowest BCUT2D eigenvalue weighted by Crippen LogP contribution is -2.43. The zero-order valence-electron chi connectivity index (χ0n) is 16.7. The van der Waals surface area contributed by atoms with E-state index >= 15 is 0 Å². The van der Waals surface area contributed by atoms with E-state index in [1.54, 1.807) is 24.3 Å². The molecule has 0 aliphatic heterocycles. The minimum absolute atomic E-state index is 0.104. The van der Waals surface area contributed by atoms with Gasteiger partial charge in [0.1, 0.15) is 5.75 Å². The number of ether oxygens (including phenoxy) is 1. The van der Waals surface area contributed by atoms with Crippen LogP contribution in [0.15, 0.2) is 42.5 Å². The molecule has 3 aliphatic carbocycles. The Morgan fingerprint density at radius 3 is 2.69 bits per heavy atom. The van der Waals surface area contributed by atoms with Gasteiger partial charge >= 0.3 is 5.97 Å². The highest BCUT2D eigenvalue weighted by Crippen LogP contribution is 2.60. The molecule has 0 spiro atoms. The molecule has 4 heteroatoms. The summed E-state index contributed by atoms with van der Waals surface area (Å²) in [5.41, 5.74) is 3.34. The zero-order chi connectivity index (χ0) is 20.2. The predicted molar refractivity (Wildman–Crippen MR) is 113 cm³/mol. The van der Waals surface area contributed by atoms with Crippen molar-refractivity contribution in [2.45, 2.75) is 57.5 Å². The van der Waals surface area contributed by atoms with Gasteiger partial charge in [0, 0.05) is 5.02 Å². The van der Waals surface area contributed by atoms with Crippen LogP contribution in [0.3, 0.4) is 0 Å². The van der Waals surface area contributed by atoms with Gasteiger partial charge in [0.05, 0.1) is 11.7 Å². The highest BCUT2D eigenvalue weighted by molar-refractivity contribution is 6.30. The highest BCUT2D eigenvalue weighted by atomic mass is 35.5. The van der Waals surface area contributed by atoms with Crippen molar-refractivity contribution in [1.82, 2.24) is 0 Å². The number of aliphatic hydroxyl groups excluding tert-OH is 1. The van der Waals surface area contributed by atoms with Gasteiger partial charge in [-0.1, -0.05) is 24.6 Å². The van der Waals surface area contributed by atoms with Crippen molar-refractivity contribution in [3.8, 4) is 5.75 Å². The Balaban J connectivity index is 1.36. The second kappa shape index (κ2) is 7.14. The van der Waals surface area contributed by atoms with Crippen LogP contribution in [0.4, 0.5) is 0 Å². The molecule has 2 fully saturated rings. The summed E-state index contributed by atoms with van der Waals surface area (Å²) in [7, 11) is 0. The van der Waals surface area contributed by atoms with E-state index < -0.39 is 0 Å². The molecule has 1 N–H and O–H groups in total. The molecule has 1 unspecified atom stereocenters. The van der Waals surface area contributed by atoms with Gasteiger partial charge < -0.3 is 9.84 Å². The number of fused-ring (bicyclic) bond motifs is 5. The molecule has 0 aromatic heterocycles. The fourth-order valence-electron chi connectivity index (χ4n) is 6.35. The van der Waals surface area contributed by atoms with Crippen LogP contribution in [0, 0.1) is 17.3 Å². The second-order valence-electron chi connectivity index (χ2n) is 9.31. The molecule has 0 saturated heterocycles. The molecule has 29 heavy (non-hydrogen) atoms. The fourth-order valence-corrected chi connectivity index (χ4v) is 6.47. The van der Waals surface area contributed by atoms with E-state index in [1.165, 1.54) is 17.5 Å². The maximum Gasteiger partial charge on any atom is 0.343 e. The molecule has 3 aliphatic rings. The number of aryl methyl sites for hydroxylation is 1. The van der Waals surface area contributed by atoms with E-state index in [4.69, 9.17) is 16.3 Å². The number of rotatable bonds is 2. The molecule has 0 heterocycles. The standard InChI is InChI=1S/C25H27ClO3/c1-25-13-12-20-19-9-7-18(29-24(28)15-2-5-17(26)6-3-15)14-16(19)4-8-21(20)22(25)10-11-23(25)27/h2-3,5-7,9,14,20-23,27H,4,8,10-13H2,1H3/t20-,21-,22+,23?,25+/m1/s1. The number of halogens is 1. The van der Waals surface area contributed by atoms with Gasteiger partial charge in [-0.15, -0.1) is 0 Å². The summed E-state index contributed by atoms with van der Waals surface area (Å²) in [5.74, 6) is 2.12. The summed E-state index contributed by atoms with van der Waals surface area (Å²) >= 11 is 5.90. The lowest BCUT2D eigenvalue weighted by atomic mass is 9.55. The minimum Gasteiger partial charge on any atom is -0.423 e. The SMILES string of the molecule is C[C@]12CC[C@@H]3c4ccc(OC(=O)c5ccc(Cl)cc5)cc4CC[C@H]3[C@@H]1CCC2O. The zero-order valence-corrected chi connectivity index (χ0v) is 17.5. The smallest absolute Gasteiger partial charge is 0.343 e. The predicted octanol–water partition coefficient (Wildman–Crippen LogP) is 5.78. The first-order valence-corrected chi connectivity index (χ1v) is 11.1. The van der Waals surface area contributed by atoms with Crippen molar-refractivity contribution in [3.63, 3.8) is 0 Å². The third-order valence-electron chi connectivity index (χ3n) is 7.94. The first-order chi connectivity index (χ1) is 14.0. The van der Waals surface area contributed by atoms with Crippen LogP contribution >= 0.6 is 11.6 Å². The van der Waals surface area contributed by atoms with Gasteiger partial charge in [0.25, 0.3) is 0 Å². The van der Waals surface area contributed by atoms with Crippen LogP contribution in [0.2, 0.25) is 5.02 Å². The number of carbonyl (C=O) groups excluding carboxylic acids is 1. The normalized spacial score (nSPS) is 32.8. The molecule has 2 aromatic carbocycles. The molecular formula is C25H27ClO3. The van der Waals surface area contributed by atoms with Crippen molar-refractivity contribution >= 4 is 17.6 Å². The van der Waals surface area contributed by atoms with Crippen LogP contribution in [-0.4, -0.2) is 17.2 Å². The third kappa shape index (κ3) is 3.19. The van der Waals surface area contributed by atoms with Crippen LogP contribution in [-0.2, 0) is 6.42 Å². The molecule has 5 atom stereocenters. The van der Waals surface area contributed by atoms with Crippen molar-refractivity contribution < 1.29 is 14.6 Å². The summed E-state index contributed by atoms with van der Waals surface area (Å²) in [5, 5.41) is 11.1. The van der Waals surface area contributed by atoms with E-state index in [0.29, 0.717) is 34.1 Å². The van der Waals surface area contributed by atoms with Gasteiger partial charge in [-0.3, -0.25) is 0 Å². The fraction of sp³-hybridized carbons (Fsp3) is 0.480. The Morgan fingerprint density at radius 2 is 1.90 bits per heavy atom. The van der Waals surface area contributed by atoms with Gasteiger partial charge in [0.2, 0.25) is 0 Å². The molecular weight excluding hydrogens is 384 g/mol. The first kappa shape index (κ1) is 19.1. The first-order valence-electron chi connectivity index (χ1n) is 10.7. The van der Waals surface area contributed by atoms with Crippen LogP contribution in [0.25, 0.3) is 0 Å². The lowest BCUT2D eigenvalue weighted by Gasteiger charge is -2.50. The highest BCUT2D eigenvalue weighted by Gasteiger charge is 2.54. The molecule has 2 aromatic rings. The average molecular weight is 411 g/mol. The summed E-state index contributed by atoms with van der Waals surface area (Å²) in [6.45, 7) is 2.31. The number of benzene rings is 2. The maximum atomic E-state index is 12.4. The van der Waals surface area contributed by atoms with Gasteiger partial charge in [-0.05, 0) is 109 Å². The van der Waals surface area contributed by atoms with Gasteiger partial charge in [0.15, 0.2) is 0 Å². The topological polar surface area (TPSA) is 46.5 Å². The average Bonchev–Trinajstić information content (AvgIpc) is 3.03. The monoisotopic (exact) mass is 410 g/mol. The lowest BCUT2D eigenvalue weighted by molar-refractivity contribution is -0.0226. The molecule has 0 bridgehead atoms. The molecule has 2 saturated carbocycles. The van der Waals surface area contributed by atoms with Crippen molar-refractivity contribution in [3.05, 3.63) is 64.2 Å². The number of carbonyl (C=O) groups is 1. The van der Waals surface area contributed by atoms with E-state index in [9.17, 15) is 9.90 Å². The minimum atomic E-state index is -0.358. The summed E-state index contributed by atoms with van der Waals surface area (Å²) < 4.78 is 5.63. The summed E-state index contributed by atoms with van der Waals surface area (Å²) in [6, 6.07) is 12.9. The molecule has 0 amide bonds. The van der Waals surface area contributed by atoms with E-state index in [1.807, 2.05) is 6.07 Å². The Hall–Kier alpha value is -1.84. The Morgan fingerprint density at radius 1 is 1.10 bits per heavy atom. The second-order valence-corrected chi connectivity index (χ2v) is 9.75. The molecule has 0 radical (unpaired) electrons. The van der Waals surface area contributed by atoms with E-state index in [-0.39, 0.29) is 17.5 Å².